The topological polar surface area (TPSA) is 48.1 Å². The summed E-state index contributed by atoms with van der Waals surface area (Å²) in [7, 11) is 0. The predicted octanol–water partition coefficient (Wildman–Crippen LogP) is 5.01. The zero-order valence-electron chi connectivity index (χ0n) is 11.0. The molecule has 0 unspecified atom stereocenters. The summed E-state index contributed by atoms with van der Waals surface area (Å²) < 4.78 is 7.83. The number of aromatic nitrogens is 1. The summed E-state index contributed by atoms with van der Waals surface area (Å²) in [6, 6.07) is 15.7. The van der Waals surface area contributed by atoms with Gasteiger partial charge in [0.2, 0.25) is 5.88 Å². The van der Waals surface area contributed by atoms with Gasteiger partial charge in [-0.2, -0.15) is 0 Å². The summed E-state index contributed by atoms with van der Waals surface area (Å²) in [4.78, 5) is 4.50. The first kappa shape index (κ1) is 14.5. The van der Waals surface area contributed by atoms with Gasteiger partial charge in [0.15, 0.2) is 0 Å². The smallest absolute Gasteiger partial charge is 0.227 e. The van der Waals surface area contributed by atoms with Gasteiger partial charge in [-0.25, -0.2) is 4.98 Å². The third kappa shape index (κ3) is 3.10. The fraction of sp³-hybridized carbons (Fsp3) is 0.0625. The molecule has 0 spiro atoms. The molecule has 0 saturated carbocycles. The van der Waals surface area contributed by atoms with Gasteiger partial charge in [-0.05, 0) is 51.6 Å². The zero-order valence-corrected chi connectivity index (χ0v) is 14.2. The lowest BCUT2D eigenvalue weighted by molar-refractivity contribution is 0.464. The number of pyridine rings is 1. The monoisotopic (exact) mass is 406 g/mol. The Hall–Kier alpha value is -1.43. The van der Waals surface area contributed by atoms with E-state index in [-0.39, 0.29) is 0 Å². The van der Waals surface area contributed by atoms with E-state index in [1.54, 1.807) is 0 Å². The number of benzene rings is 2. The second-order valence-corrected chi connectivity index (χ2v) is 6.29. The quantitative estimate of drug-likeness (QED) is 0.663. The number of hydrogen-bond donors (Lipinski definition) is 1. The number of ether oxygens (including phenoxy) is 1. The molecule has 106 valence electrons. The Labute approximate surface area is 139 Å². The van der Waals surface area contributed by atoms with Crippen LogP contribution in [0.4, 0.5) is 0 Å². The van der Waals surface area contributed by atoms with Crippen LogP contribution in [0.1, 0.15) is 5.69 Å². The Morgan fingerprint density at radius 2 is 1.86 bits per heavy atom. The largest absolute Gasteiger partial charge is 0.437 e. The van der Waals surface area contributed by atoms with Crippen molar-refractivity contribution in [1.82, 2.24) is 4.98 Å². The van der Waals surface area contributed by atoms with E-state index in [0.29, 0.717) is 18.2 Å². The summed E-state index contributed by atoms with van der Waals surface area (Å²) in [5, 5.41) is 2.03. The van der Waals surface area contributed by atoms with Crippen molar-refractivity contribution in [3.8, 4) is 11.6 Å². The minimum Gasteiger partial charge on any atom is -0.437 e. The van der Waals surface area contributed by atoms with Gasteiger partial charge in [0.1, 0.15) is 5.75 Å². The van der Waals surface area contributed by atoms with Crippen molar-refractivity contribution in [1.29, 1.82) is 0 Å². The van der Waals surface area contributed by atoms with Crippen molar-refractivity contribution in [2.24, 2.45) is 5.73 Å². The molecule has 0 radical (unpaired) electrons. The molecule has 0 aliphatic rings. The van der Waals surface area contributed by atoms with Crippen LogP contribution in [0.5, 0.6) is 11.6 Å². The first-order valence-electron chi connectivity index (χ1n) is 6.39. The Balaban J connectivity index is 2.10. The van der Waals surface area contributed by atoms with E-state index < -0.39 is 0 Å². The molecule has 1 aromatic heterocycles. The van der Waals surface area contributed by atoms with Crippen molar-refractivity contribution in [3.05, 3.63) is 63.2 Å². The molecule has 0 aliphatic carbocycles. The minimum absolute atomic E-state index is 0.378. The van der Waals surface area contributed by atoms with Gasteiger partial charge < -0.3 is 10.5 Å². The standard InChI is InChI=1S/C16H12Br2N2O/c17-11-5-6-15(14(18)8-11)21-16-13-4-2-1-3-10(13)7-12(9-19)20-16/h1-8H,9,19H2. The number of halogens is 2. The van der Waals surface area contributed by atoms with Crippen LogP contribution in [-0.4, -0.2) is 4.98 Å². The third-order valence-electron chi connectivity index (χ3n) is 3.07. The lowest BCUT2D eigenvalue weighted by Crippen LogP contribution is -2.01. The second-order valence-electron chi connectivity index (χ2n) is 4.52. The summed E-state index contributed by atoms with van der Waals surface area (Å²) in [6.07, 6.45) is 0. The van der Waals surface area contributed by atoms with E-state index in [0.717, 1.165) is 25.4 Å². The van der Waals surface area contributed by atoms with E-state index in [4.69, 9.17) is 10.5 Å². The molecule has 2 N–H and O–H groups in total. The van der Waals surface area contributed by atoms with Crippen molar-refractivity contribution >= 4 is 42.6 Å². The Kier molecular flexibility index (Phi) is 4.24. The van der Waals surface area contributed by atoms with Crippen molar-refractivity contribution in [3.63, 3.8) is 0 Å². The van der Waals surface area contributed by atoms with E-state index in [2.05, 4.69) is 36.8 Å². The predicted molar refractivity (Wildman–Crippen MR) is 91.6 cm³/mol. The van der Waals surface area contributed by atoms with Crippen LogP contribution in [0, 0.1) is 0 Å². The zero-order chi connectivity index (χ0) is 14.8. The minimum atomic E-state index is 0.378. The Bertz CT molecular complexity index is 805. The normalized spacial score (nSPS) is 10.8. The van der Waals surface area contributed by atoms with E-state index in [1.807, 2.05) is 48.5 Å². The van der Waals surface area contributed by atoms with Gasteiger partial charge in [0, 0.05) is 16.4 Å². The summed E-state index contributed by atoms with van der Waals surface area (Å²) in [5.74, 6) is 1.28. The van der Waals surface area contributed by atoms with Gasteiger partial charge in [-0.15, -0.1) is 0 Å². The van der Waals surface area contributed by atoms with E-state index in [9.17, 15) is 0 Å². The van der Waals surface area contributed by atoms with E-state index in [1.165, 1.54) is 0 Å². The van der Waals surface area contributed by atoms with Gasteiger partial charge in [-0.1, -0.05) is 34.1 Å². The van der Waals surface area contributed by atoms with Crippen LogP contribution in [0.3, 0.4) is 0 Å². The maximum absolute atomic E-state index is 5.99. The molecule has 0 atom stereocenters. The number of fused-ring (bicyclic) bond motifs is 1. The van der Waals surface area contributed by atoms with Crippen LogP contribution in [0.25, 0.3) is 10.8 Å². The lowest BCUT2D eigenvalue weighted by atomic mass is 10.1. The Morgan fingerprint density at radius 1 is 1.05 bits per heavy atom. The molecular formula is C16H12Br2N2O. The highest BCUT2D eigenvalue weighted by molar-refractivity contribution is 9.11. The van der Waals surface area contributed by atoms with Gasteiger partial charge in [0.25, 0.3) is 0 Å². The first-order chi connectivity index (χ1) is 10.2. The van der Waals surface area contributed by atoms with Gasteiger partial charge in [-0.3, -0.25) is 0 Å². The molecule has 3 nitrogen and oxygen atoms in total. The van der Waals surface area contributed by atoms with Crippen molar-refractivity contribution in [2.45, 2.75) is 6.54 Å². The molecule has 3 aromatic rings. The highest BCUT2D eigenvalue weighted by atomic mass is 79.9. The molecule has 0 aliphatic heterocycles. The second kappa shape index (κ2) is 6.13. The number of nitrogens with zero attached hydrogens (tertiary/aromatic N) is 1. The number of rotatable bonds is 3. The lowest BCUT2D eigenvalue weighted by Gasteiger charge is -2.11. The average molecular weight is 408 g/mol. The SMILES string of the molecule is NCc1cc2ccccc2c(Oc2ccc(Br)cc2Br)n1. The van der Waals surface area contributed by atoms with Gasteiger partial charge in [0.05, 0.1) is 10.2 Å². The molecule has 5 heteroatoms. The van der Waals surface area contributed by atoms with Crippen molar-refractivity contribution < 1.29 is 4.74 Å². The van der Waals surface area contributed by atoms with Gasteiger partial charge >= 0.3 is 0 Å². The van der Waals surface area contributed by atoms with Crippen LogP contribution in [0.2, 0.25) is 0 Å². The van der Waals surface area contributed by atoms with Crippen LogP contribution in [-0.2, 0) is 6.54 Å². The highest BCUT2D eigenvalue weighted by Gasteiger charge is 2.10. The summed E-state index contributed by atoms with van der Waals surface area (Å²) >= 11 is 6.92. The molecule has 0 fully saturated rings. The highest BCUT2D eigenvalue weighted by Crippen LogP contribution is 2.34. The molecule has 0 amide bonds. The molecular weight excluding hydrogens is 396 g/mol. The van der Waals surface area contributed by atoms with E-state index >= 15 is 0 Å². The number of hydrogen-bond acceptors (Lipinski definition) is 3. The average Bonchev–Trinajstić information content (AvgIpc) is 2.49. The molecule has 3 rings (SSSR count). The molecule has 0 bridgehead atoms. The van der Waals surface area contributed by atoms with Crippen LogP contribution >= 0.6 is 31.9 Å². The first-order valence-corrected chi connectivity index (χ1v) is 7.97. The maximum atomic E-state index is 5.99. The fourth-order valence-electron chi connectivity index (χ4n) is 2.06. The summed E-state index contributed by atoms with van der Waals surface area (Å²) in [6.45, 7) is 0.378. The molecule has 1 heterocycles. The number of nitrogens with two attached hydrogens (primary N) is 1. The summed E-state index contributed by atoms with van der Waals surface area (Å²) in [5.41, 5.74) is 6.52. The third-order valence-corrected chi connectivity index (χ3v) is 4.18. The Morgan fingerprint density at radius 3 is 2.62 bits per heavy atom. The fourth-order valence-corrected chi connectivity index (χ4v) is 3.19. The maximum Gasteiger partial charge on any atom is 0.227 e. The van der Waals surface area contributed by atoms with Crippen molar-refractivity contribution in [2.75, 3.05) is 0 Å². The molecule has 0 saturated heterocycles. The van der Waals surface area contributed by atoms with Crippen LogP contribution < -0.4 is 10.5 Å². The van der Waals surface area contributed by atoms with Crippen LogP contribution in [0.15, 0.2) is 57.5 Å². The molecule has 21 heavy (non-hydrogen) atoms. The molecule has 2 aromatic carbocycles.